The van der Waals surface area contributed by atoms with Gasteiger partial charge in [0, 0.05) is 35.5 Å². The Kier molecular flexibility index (Phi) is 8.80. The molecule has 12 heteroatoms. The molecule has 8 fully saturated rings. The highest BCUT2D eigenvalue weighted by Gasteiger charge is 2.78. The van der Waals surface area contributed by atoms with Crippen LogP contribution in [-0.2, 0) is 44.6 Å². The molecule has 13 rings (SSSR count). The molecule has 0 unspecified atom stereocenters. The smallest absolute Gasteiger partial charge is 0.174 e. The van der Waals surface area contributed by atoms with Gasteiger partial charge in [0.2, 0.25) is 0 Å². The number of rotatable bonds is 0. The van der Waals surface area contributed by atoms with Gasteiger partial charge in [-0.2, -0.15) is 0 Å². The van der Waals surface area contributed by atoms with Crippen molar-refractivity contribution in [2.45, 2.75) is 204 Å². The molecule has 0 bridgehead atoms. The van der Waals surface area contributed by atoms with Crippen LogP contribution in [0.3, 0.4) is 0 Å². The summed E-state index contributed by atoms with van der Waals surface area (Å²) in [6.45, 7) is 17.0. The molecule has 4 saturated carbocycles. The number of ether oxygens (including phenoxy) is 4. The van der Waals surface area contributed by atoms with E-state index in [4.69, 9.17) is 28.9 Å². The van der Waals surface area contributed by atoms with E-state index in [-0.39, 0.29) is 59.6 Å². The van der Waals surface area contributed by atoms with Crippen molar-refractivity contribution >= 4 is 0 Å². The standard InChI is InChI=1S/C54H76N2O10/c1-27-51(15-13-45(3,59)25-63-51)65-43-21-35-31-11-9-29-17-37-39(23-47(29,5)33(31)19-41(57)49(35,7)53(27,43)61)55-38-18-30-10-12-32-34(48(30,6)24-40(38)56-37)20-42(58)50(8)36(32)22-44-54(50,62)28(2)52(66-44)16-14-46(4,60)26-64-52/h21-22,27-34,41-44,57-62H,9-20,23-26H2,1-8H3/t27-,28-,29+,30+,31-,32-,33+,34+,41-,42-,43+,44+,45+,46+,47+,48+,49-,50-,51-,52-,53-,54-/m1/s1. The van der Waals surface area contributed by atoms with Crippen molar-refractivity contribution in [3.8, 4) is 0 Å². The van der Waals surface area contributed by atoms with Gasteiger partial charge in [-0.1, -0.05) is 64.8 Å². The van der Waals surface area contributed by atoms with Gasteiger partial charge in [-0.05, 0) is 137 Å². The Balaban J connectivity index is 0.765. The maximum atomic E-state index is 12.9. The fraction of sp³-hybridized carbons (Fsp3) is 0.852. The molecule has 22 atom stereocenters. The molecule has 6 N–H and O–H groups in total. The average molecular weight is 913 g/mol. The number of aromatic nitrogens is 2. The van der Waals surface area contributed by atoms with Crippen molar-refractivity contribution in [2.24, 2.45) is 69.0 Å². The van der Waals surface area contributed by atoms with Crippen molar-refractivity contribution < 1.29 is 49.6 Å². The summed E-state index contributed by atoms with van der Waals surface area (Å²) in [4.78, 5) is 11.2. The molecular formula is C54H76N2O10. The summed E-state index contributed by atoms with van der Waals surface area (Å²) in [7, 11) is 0. The maximum absolute atomic E-state index is 12.9. The summed E-state index contributed by atoms with van der Waals surface area (Å²) in [5.74, 6) is -0.993. The molecule has 4 saturated heterocycles. The molecule has 0 aromatic carbocycles. The largest absolute Gasteiger partial charge is 0.392 e. The van der Waals surface area contributed by atoms with Gasteiger partial charge >= 0.3 is 0 Å². The number of fused-ring (bicyclic) bond motifs is 16. The Morgan fingerprint density at radius 2 is 0.939 bits per heavy atom. The second kappa shape index (κ2) is 13.2. The molecule has 1 aromatic heterocycles. The van der Waals surface area contributed by atoms with Crippen molar-refractivity contribution in [3.63, 3.8) is 0 Å². The van der Waals surface area contributed by atoms with Gasteiger partial charge in [0.1, 0.15) is 23.4 Å². The first kappa shape index (κ1) is 44.1. The lowest BCUT2D eigenvalue weighted by atomic mass is 9.44. The zero-order valence-electron chi connectivity index (χ0n) is 40.6. The summed E-state index contributed by atoms with van der Waals surface area (Å²) in [6.07, 6.45) is 12.6. The Hall–Kier alpha value is -1.84. The van der Waals surface area contributed by atoms with Crippen molar-refractivity contribution in [1.29, 1.82) is 0 Å². The van der Waals surface area contributed by atoms with E-state index in [1.165, 1.54) is 11.1 Å². The predicted octanol–water partition coefficient (Wildman–Crippen LogP) is 5.44. The van der Waals surface area contributed by atoms with Crippen LogP contribution in [0.5, 0.6) is 0 Å². The molecule has 8 aliphatic carbocycles. The summed E-state index contributed by atoms with van der Waals surface area (Å²) in [5.41, 5.74) is 0.492. The molecule has 5 heterocycles. The molecule has 12 nitrogen and oxygen atoms in total. The molecule has 1 aromatic rings. The minimum atomic E-state index is -1.32. The van der Waals surface area contributed by atoms with Crippen LogP contribution in [0.2, 0.25) is 0 Å². The van der Waals surface area contributed by atoms with E-state index in [1.807, 2.05) is 13.8 Å². The second-order valence-electron chi connectivity index (χ2n) is 26.3. The highest BCUT2D eigenvalue weighted by molar-refractivity contribution is 5.45. The third-order valence-corrected chi connectivity index (χ3v) is 23.4. The van der Waals surface area contributed by atoms with Gasteiger partial charge in [-0.15, -0.1) is 0 Å². The summed E-state index contributed by atoms with van der Waals surface area (Å²) in [6, 6.07) is 0. The predicted molar refractivity (Wildman–Crippen MR) is 241 cm³/mol. The Morgan fingerprint density at radius 3 is 1.30 bits per heavy atom. The normalized spacial score (nSPS) is 59.5. The summed E-state index contributed by atoms with van der Waals surface area (Å²) >= 11 is 0. The van der Waals surface area contributed by atoms with Crippen molar-refractivity contribution in [3.05, 3.63) is 46.1 Å². The van der Waals surface area contributed by atoms with Crippen molar-refractivity contribution in [1.82, 2.24) is 9.97 Å². The highest BCUT2D eigenvalue weighted by atomic mass is 16.7. The van der Waals surface area contributed by atoms with Crippen LogP contribution in [0, 0.1) is 69.0 Å². The van der Waals surface area contributed by atoms with Gasteiger partial charge < -0.3 is 49.6 Å². The first-order valence-electron chi connectivity index (χ1n) is 26.1. The Bertz CT molecular complexity index is 2170. The molecule has 0 radical (unpaired) electrons. The van der Waals surface area contributed by atoms with E-state index >= 15 is 0 Å². The number of hydrogen-bond donors (Lipinski definition) is 6. The molecule has 4 aliphatic heterocycles. The SMILES string of the molecule is C[C@@H]1[C@@]2(CC[C@](C)(O)CO2)O[C@H]2C=C3[C@@H]4CC[C@H]5Cc6nc7c(nc6C[C@]5(C)[C@H]4C[C@@H](O)[C@]3(C)[C@]21O)C[C@@H]1CC[C@H]2C3=C[C@@H]4O[C@]5(CC[C@](C)(O)CO5)[C@@H](C)[C@]4(O)[C@@]3(C)[C@H](O)C[C@@H]2[C@@]1(C)C7. The van der Waals surface area contributed by atoms with E-state index in [0.29, 0.717) is 50.4 Å². The van der Waals surface area contributed by atoms with Crippen LogP contribution in [0.15, 0.2) is 23.3 Å². The zero-order chi connectivity index (χ0) is 46.4. The van der Waals surface area contributed by atoms with Crippen molar-refractivity contribution in [2.75, 3.05) is 13.2 Å². The fourth-order valence-corrected chi connectivity index (χ4v) is 19.0. The average Bonchev–Trinajstić information content (AvgIpc) is 3.81. The van der Waals surface area contributed by atoms with Crippen LogP contribution < -0.4 is 0 Å². The van der Waals surface area contributed by atoms with Crippen LogP contribution in [0.25, 0.3) is 0 Å². The Morgan fingerprint density at radius 1 is 0.545 bits per heavy atom. The lowest BCUT2D eigenvalue weighted by Gasteiger charge is -2.62. The van der Waals surface area contributed by atoms with E-state index in [1.54, 1.807) is 13.8 Å². The van der Waals surface area contributed by atoms with Gasteiger partial charge in [0.05, 0.1) is 59.4 Å². The zero-order valence-corrected chi connectivity index (χ0v) is 40.6. The summed E-state index contributed by atoms with van der Waals surface area (Å²) in [5, 5.41) is 72.1. The minimum absolute atomic E-state index is 0.0824. The number of aliphatic hydroxyl groups is 6. The molecule has 0 amide bonds. The lowest BCUT2D eigenvalue weighted by molar-refractivity contribution is -0.289. The van der Waals surface area contributed by atoms with E-state index < -0.39 is 69.2 Å². The van der Waals surface area contributed by atoms with Crippen LogP contribution in [-0.4, -0.2) is 112 Å². The fourth-order valence-electron chi connectivity index (χ4n) is 19.0. The lowest BCUT2D eigenvalue weighted by Crippen LogP contribution is -2.65. The maximum Gasteiger partial charge on any atom is 0.174 e. The van der Waals surface area contributed by atoms with Crippen LogP contribution in [0.1, 0.15) is 142 Å². The Labute approximate surface area is 390 Å². The van der Waals surface area contributed by atoms with Gasteiger partial charge in [0.15, 0.2) is 11.6 Å². The van der Waals surface area contributed by atoms with Gasteiger partial charge in [-0.3, -0.25) is 9.97 Å². The van der Waals surface area contributed by atoms with E-state index in [9.17, 15) is 30.6 Å². The highest BCUT2D eigenvalue weighted by Crippen LogP contribution is 2.73. The molecule has 2 spiro atoms. The second-order valence-corrected chi connectivity index (χ2v) is 26.3. The quantitative estimate of drug-likeness (QED) is 0.182. The summed E-state index contributed by atoms with van der Waals surface area (Å²) < 4.78 is 26.1. The first-order chi connectivity index (χ1) is 30.9. The van der Waals surface area contributed by atoms with E-state index in [0.717, 1.165) is 74.1 Å². The number of aliphatic hydroxyl groups excluding tert-OH is 2. The molecule has 12 aliphatic rings. The third kappa shape index (κ3) is 5.07. The van der Waals surface area contributed by atoms with Gasteiger partial charge in [0.25, 0.3) is 0 Å². The van der Waals surface area contributed by atoms with E-state index in [2.05, 4.69) is 39.8 Å². The monoisotopic (exact) mass is 913 g/mol. The topological polar surface area (TPSA) is 184 Å². The first-order valence-corrected chi connectivity index (χ1v) is 26.1. The molecule has 66 heavy (non-hydrogen) atoms. The van der Waals surface area contributed by atoms with Gasteiger partial charge in [-0.25, -0.2) is 0 Å². The van der Waals surface area contributed by atoms with Crippen LogP contribution >= 0.6 is 0 Å². The molecular weight excluding hydrogens is 837 g/mol. The van der Waals surface area contributed by atoms with Crippen LogP contribution in [0.4, 0.5) is 0 Å². The minimum Gasteiger partial charge on any atom is -0.392 e. The third-order valence-electron chi connectivity index (χ3n) is 23.4. The molecule has 362 valence electrons. The number of nitrogens with zero attached hydrogens (tertiary/aromatic N) is 2. The number of hydrogen-bond acceptors (Lipinski definition) is 12.